The summed E-state index contributed by atoms with van der Waals surface area (Å²) in [5.74, 6) is -0.989. The zero-order valence-corrected chi connectivity index (χ0v) is 21.1. The van der Waals surface area contributed by atoms with Gasteiger partial charge in [-0.25, -0.2) is 4.79 Å². The molecule has 2 aromatic rings. The molecule has 1 amide bonds. The molecule has 0 aliphatic heterocycles. The molecule has 3 N–H and O–H groups in total. The number of rotatable bonds is 13. The van der Waals surface area contributed by atoms with E-state index in [1.54, 1.807) is 24.3 Å². The van der Waals surface area contributed by atoms with E-state index in [2.05, 4.69) is 22.8 Å². The molecule has 0 radical (unpaired) electrons. The first-order valence-electron chi connectivity index (χ1n) is 12.9. The van der Waals surface area contributed by atoms with Crippen LogP contribution in [0.3, 0.4) is 0 Å². The molecule has 36 heavy (non-hydrogen) atoms. The van der Waals surface area contributed by atoms with Crippen molar-refractivity contribution in [1.82, 2.24) is 5.32 Å². The van der Waals surface area contributed by atoms with Crippen molar-refractivity contribution in [3.63, 3.8) is 0 Å². The van der Waals surface area contributed by atoms with Crippen LogP contribution >= 0.6 is 0 Å². The molecule has 1 saturated carbocycles. The topological polar surface area (TPSA) is 105 Å². The molecule has 3 rings (SSSR count). The van der Waals surface area contributed by atoms with Gasteiger partial charge in [-0.3, -0.25) is 9.59 Å². The van der Waals surface area contributed by atoms with Crippen molar-refractivity contribution in [3.8, 4) is 0 Å². The minimum atomic E-state index is -0.825. The smallest absolute Gasteiger partial charge is 0.337 e. The summed E-state index contributed by atoms with van der Waals surface area (Å²) in [6.07, 6.45) is 8.17. The first-order valence-corrected chi connectivity index (χ1v) is 12.9. The highest BCUT2D eigenvalue weighted by Gasteiger charge is 2.26. The highest BCUT2D eigenvalue weighted by atomic mass is 16.5. The largest absolute Gasteiger partial charge is 0.481 e. The van der Waals surface area contributed by atoms with Gasteiger partial charge in [0.2, 0.25) is 5.91 Å². The minimum Gasteiger partial charge on any atom is -0.481 e. The lowest BCUT2D eigenvalue weighted by molar-refractivity contribution is -0.138. The Kier molecular flexibility index (Phi) is 11.0. The van der Waals surface area contributed by atoms with Gasteiger partial charge >= 0.3 is 11.9 Å². The van der Waals surface area contributed by atoms with E-state index >= 15 is 0 Å². The maximum Gasteiger partial charge on any atom is 0.337 e. The van der Waals surface area contributed by atoms with Crippen LogP contribution in [0.1, 0.15) is 67.3 Å². The van der Waals surface area contributed by atoms with Gasteiger partial charge in [0.05, 0.1) is 18.7 Å². The third-order valence-corrected chi connectivity index (χ3v) is 6.98. The van der Waals surface area contributed by atoms with Gasteiger partial charge in [0.25, 0.3) is 0 Å². The normalized spacial score (nSPS) is 15.6. The number of ether oxygens (including phenoxy) is 1. The number of hydrogen-bond acceptors (Lipinski definition) is 5. The van der Waals surface area contributed by atoms with Gasteiger partial charge in [0.1, 0.15) is 0 Å². The second kappa shape index (κ2) is 14.4. The average Bonchev–Trinajstić information content (AvgIpc) is 2.90. The third-order valence-electron chi connectivity index (χ3n) is 6.98. The second-order valence-electron chi connectivity index (χ2n) is 9.75. The number of aryl methyl sites for hydroxylation is 1. The molecular weight excluding hydrogens is 456 g/mol. The molecule has 0 saturated heterocycles. The van der Waals surface area contributed by atoms with Crippen LogP contribution in [0, 0.1) is 11.8 Å². The highest BCUT2D eigenvalue weighted by Crippen LogP contribution is 2.28. The van der Waals surface area contributed by atoms with Gasteiger partial charge in [-0.2, -0.15) is 0 Å². The molecule has 2 atom stereocenters. The van der Waals surface area contributed by atoms with E-state index in [9.17, 15) is 19.5 Å². The van der Waals surface area contributed by atoms with Crippen LogP contribution in [0.15, 0.2) is 54.6 Å². The van der Waals surface area contributed by atoms with Gasteiger partial charge in [-0.15, -0.1) is 0 Å². The zero-order chi connectivity index (χ0) is 25.8. The summed E-state index contributed by atoms with van der Waals surface area (Å²) in [4.78, 5) is 36.5. The van der Waals surface area contributed by atoms with Crippen molar-refractivity contribution in [3.05, 3.63) is 65.7 Å². The van der Waals surface area contributed by atoms with Gasteiger partial charge in [-0.05, 0) is 67.5 Å². The van der Waals surface area contributed by atoms with Crippen LogP contribution in [0.2, 0.25) is 0 Å². The first kappa shape index (κ1) is 27.4. The Morgan fingerprint density at radius 2 is 1.69 bits per heavy atom. The Labute approximate surface area is 213 Å². The highest BCUT2D eigenvalue weighted by molar-refractivity contribution is 5.95. The summed E-state index contributed by atoms with van der Waals surface area (Å²) in [6.45, 7) is 0.464. The maximum absolute atomic E-state index is 13.3. The SMILES string of the molecule is COC(=O)c1ccc(NC(=O)C(CC2CCCCC2)NCC(CCc2ccccc2)CC(=O)O)cc1. The Morgan fingerprint density at radius 1 is 1.00 bits per heavy atom. The van der Waals surface area contributed by atoms with Gasteiger partial charge < -0.3 is 20.5 Å². The van der Waals surface area contributed by atoms with Gasteiger partial charge in [-0.1, -0.05) is 62.4 Å². The molecule has 0 heterocycles. The summed E-state index contributed by atoms with van der Waals surface area (Å²) in [7, 11) is 1.33. The van der Waals surface area contributed by atoms with Crippen LogP contribution in [0.4, 0.5) is 5.69 Å². The Bertz CT molecular complexity index is 971. The van der Waals surface area contributed by atoms with Gasteiger partial charge in [0, 0.05) is 12.1 Å². The van der Waals surface area contributed by atoms with Crippen molar-refractivity contribution in [2.45, 2.75) is 63.8 Å². The van der Waals surface area contributed by atoms with E-state index in [0.717, 1.165) is 32.1 Å². The number of amides is 1. The standard InChI is InChI=1S/C29H38N2O5/c1-36-29(35)24-14-16-25(17-15-24)31-28(34)26(18-22-10-6-3-7-11-22)30-20-23(19-27(32)33)13-12-21-8-4-2-5-9-21/h2,4-5,8-9,14-17,22-23,26,30H,3,6-7,10-13,18-20H2,1H3,(H,31,34)(H,32,33). The lowest BCUT2D eigenvalue weighted by Gasteiger charge is -2.28. The first-order chi connectivity index (χ1) is 17.4. The number of nitrogens with one attached hydrogen (secondary N) is 2. The molecule has 1 fully saturated rings. The molecule has 194 valence electrons. The van der Waals surface area contributed by atoms with E-state index < -0.39 is 18.0 Å². The van der Waals surface area contributed by atoms with Crippen molar-refractivity contribution in [2.75, 3.05) is 19.0 Å². The summed E-state index contributed by atoms with van der Waals surface area (Å²) < 4.78 is 4.73. The summed E-state index contributed by atoms with van der Waals surface area (Å²) in [6, 6.07) is 16.3. The van der Waals surface area contributed by atoms with Crippen LogP contribution in [0.25, 0.3) is 0 Å². The quantitative estimate of drug-likeness (QED) is 0.336. The Balaban J connectivity index is 1.64. The number of aliphatic carboxylic acids is 1. The van der Waals surface area contributed by atoms with Crippen molar-refractivity contribution >= 4 is 23.5 Å². The lowest BCUT2D eigenvalue weighted by Crippen LogP contribution is -2.44. The van der Waals surface area contributed by atoms with E-state index in [1.165, 1.54) is 31.9 Å². The zero-order valence-electron chi connectivity index (χ0n) is 21.1. The van der Waals surface area contributed by atoms with E-state index in [-0.39, 0.29) is 18.2 Å². The number of anilines is 1. The van der Waals surface area contributed by atoms with E-state index in [4.69, 9.17) is 4.74 Å². The lowest BCUT2D eigenvalue weighted by atomic mass is 9.84. The number of esters is 1. The predicted octanol–water partition coefficient (Wildman–Crippen LogP) is 5.06. The van der Waals surface area contributed by atoms with Crippen LogP contribution < -0.4 is 10.6 Å². The third kappa shape index (κ3) is 9.11. The minimum absolute atomic E-state index is 0.0621. The van der Waals surface area contributed by atoms with Crippen molar-refractivity contribution in [2.24, 2.45) is 11.8 Å². The molecular formula is C29H38N2O5. The van der Waals surface area contributed by atoms with Crippen molar-refractivity contribution in [1.29, 1.82) is 0 Å². The fraction of sp³-hybridized carbons (Fsp3) is 0.483. The number of hydrogen-bond donors (Lipinski definition) is 3. The molecule has 7 nitrogen and oxygen atoms in total. The number of methoxy groups -OCH3 is 1. The second-order valence-corrected chi connectivity index (χ2v) is 9.75. The van der Waals surface area contributed by atoms with E-state index in [1.807, 2.05) is 18.2 Å². The number of carbonyl (C=O) groups is 3. The van der Waals surface area contributed by atoms with Crippen molar-refractivity contribution < 1.29 is 24.2 Å². The fourth-order valence-corrected chi connectivity index (χ4v) is 4.92. The monoisotopic (exact) mass is 494 g/mol. The molecule has 2 unspecified atom stereocenters. The molecule has 0 bridgehead atoms. The average molecular weight is 495 g/mol. The molecule has 1 aliphatic carbocycles. The Morgan fingerprint density at radius 3 is 2.33 bits per heavy atom. The molecule has 0 aromatic heterocycles. The fourth-order valence-electron chi connectivity index (χ4n) is 4.92. The van der Waals surface area contributed by atoms with Gasteiger partial charge in [0.15, 0.2) is 0 Å². The molecule has 1 aliphatic rings. The summed E-state index contributed by atoms with van der Waals surface area (Å²) >= 11 is 0. The number of carboxylic acids is 1. The number of benzene rings is 2. The predicted molar refractivity (Wildman–Crippen MR) is 140 cm³/mol. The summed E-state index contributed by atoms with van der Waals surface area (Å²) in [5, 5.41) is 15.8. The van der Waals surface area contributed by atoms with Crippen LogP contribution in [0.5, 0.6) is 0 Å². The molecule has 7 heteroatoms. The van der Waals surface area contributed by atoms with Crippen LogP contribution in [-0.2, 0) is 20.7 Å². The number of carbonyl (C=O) groups excluding carboxylic acids is 2. The maximum atomic E-state index is 13.3. The molecule has 0 spiro atoms. The number of carboxylic acid groups (broad SMARTS) is 1. The molecule has 2 aromatic carbocycles. The summed E-state index contributed by atoms with van der Waals surface area (Å²) in [5.41, 5.74) is 2.20. The van der Waals surface area contributed by atoms with Crippen LogP contribution in [-0.4, -0.2) is 42.6 Å². The Hall–Kier alpha value is -3.19. The van der Waals surface area contributed by atoms with E-state index in [0.29, 0.717) is 23.7 Å².